The molecule has 0 aromatic heterocycles. The molecule has 27 heavy (non-hydrogen) atoms. The third kappa shape index (κ3) is 5.95. The molecule has 0 radical (unpaired) electrons. The molecule has 3 amide bonds. The fourth-order valence-electron chi connectivity index (χ4n) is 2.50. The van der Waals surface area contributed by atoms with E-state index in [4.69, 9.17) is 4.74 Å². The number of nitrogens with one attached hydrogen (secondary N) is 2. The maximum atomic E-state index is 12.6. The molecule has 0 spiro atoms. The largest absolute Gasteiger partial charge is 0.444 e. The van der Waals surface area contributed by atoms with Gasteiger partial charge in [0.15, 0.2) is 9.84 Å². The summed E-state index contributed by atoms with van der Waals surface area (Å²) in [5.74, 6) is -1.95. The van der Waals surface area contributed by atoms with Gasteiger partial charge in [-0.2, -0.15) is 0 Å². The monoisotopic (exact) mass is 397 g/mol. The lowest BCUT2D eigenvalue weighted by molar-refractivity contribution is -0.118. The lowest BCUT2D eigenvalue weighted by Gasteiger charge is -2.26. The van der Waals surface area contributed by atoms with E-state index < -0.39 is 45.1 Å². The minimum atomic E-state index is -3.57. The normalized spacial score (nSPS) is 17.4. The van der Waals surface area contributed by atoms with Crippen LogP contribution < -0.4 is 15.5 Å². The lowest BCUT2D eigenvalue weighted by atomic mass is 10.2. The first-order valence-corrected chi connectivity index (χ1v) is 10.3. The number of fused-ring (bicyclic) bond motifs is 1. The van der Waals surface area contributed by atoms with Gasteiger partial charge in [-0.1, -0.05) is 12.1 Å². The highest BCUT2D eigenvalue weighted by molar-refractivity contribution is 7.91. The number of amides is 3. The Bertz CT molecular complexity index is 860. The minimum Gasteiger partial charge on any atom is -0.444 e. The van der Waals surface area contributed by atoms with Gasteiger partial charge >= 0.3 is 6.09 Å². The molecule has 1 aromatic carbocycles. The van der Waals surface area contributed by atoms with Crippen molar-refractivity contribution < 1.29 is 27.5 Å². The van der Waals surface area contributed by atoms with Gasteiger partial charge in [-0.15, -0.1) is 0 Å². The van der Waals surface area contributed by atoms with Crippen LogP contribution in [-0.2, 0) is 24.2 Å². The third-order valence-electron chi connectivity index (χ3n) is 3.51. The van der Waals surface area contributed by atoms with Crippen molar-refractivity contribution in [3.05, 3.63) is 24.3 Å². The molecule has 2 N–H and O–H groups in total. The van der Waals surface area contributed by atoms with Gasteiger partial charge in [0.2, 0.25) is 11.8 Å². The zero-order valence-electron chi connectivity index (χ0n) is 15.6. The summed E-state index contributed by atoms with van der Waals surface area (Å²) < 4.78 is 28.2. The van der Waals surface area contributed by atoms with Crippen LogP contribution in [0.3, 0.4) is 0 Å². The fourth-order valence-corrected chi connectivity index (χ4v) is 3.10. The quantitative estimate of drug-likeness (QED) is 0.782. The highest BCUT2D eigenvalue weighted by Gasteiger charge is 2.34. The van der Waals surface area contributed by atoms with Gasteiger partial charge in [-0.05, 0) is 32.9 Å². The Balaban J connectivity index is 2.31. The standard InChI is InChI=1S/C17H23N3O6S/c1-17(2,3)26-16(23)19-12-9-20(14(21)10-27(4,24)25)13-8-6-5-7-11(13)18-15(12)22/h5-8,12H,9-10H2,1-4H3,(H,18,22)(H,19,23). The van der Waals surface area contributed by atoms with E-state index in [-0.39, 0.29) is 6.54 Å². The van der Waals surface area contributed by atoms with Crippen LogP contribution in [-0.4, -0.2) is 56.5 Å². The third-order valence-corrected chi connectivity index (χ3v) is 4.28. The summed E-state index contributed by atoms with van der Waals surface area (Å²) in [6, 6.07) is 5.39. The molecule has 0 saturated carbocycles. The van der Waals surface area contributed by atoms with E-state index in [9.17, 15) is 22.8 Å². The molecule has 0 aliphatic carbocycles. The van der Waals surface area contributed by atoms with Crippen LogP contribution in [0.5, 0.6) is 0 Å². The number of sulfone groups is 1. The van der Waals surface area contributed by atoms with Crippen LogP contribution in [0, 0.1) is 0 Å². The van der Waals surface area contributed by atoms with Crippen molar-refractivity contribution in [2.24, 2.45) is 0 Å². The maximum Gasteiger partial charge on any atom is 0.408 e. The van der Waals surface area contributed by atoms with Gasteiger partial charge < -0.3 is 20.3 Å². The Kier molecular flexibility index (Phi) is 5.79. The number of benzene rings is 1. The van der Waals surface area contributed by atoms with Gasteiger partial charge in [0.1, 0.15) is 17.4 Å². The van der Waals surface area contributed by atoms with Crippen molar-refractivity contribution >= 4 is 39.1 Å². The predicted octanol–water partition coefficient (Wildman–Crippen LogP) is 0.910. The maximum absolute atomic E-state index is 12.6. The molecule has 0 saturated heterocycles. The van der Waals surface area contributed by atoms with E-state index in [0.717, 1.165) is 6.26 Å². The van der Waals surface area contributed by atoms with Gasteiger partial charge in [0.25, 0.3) is 0 Å². The molecule has 0 bridgehead atoms. The van der Waals surface area contributed by atoms with Crippen molar-refractivity contribution in [2.75, 3.05) is 28.8 Å². The van der Waals surface area contributed by atoms with Crippen LogP contribution in [0.1, 0.15) is 20.8 Å². The van der Waals surface area contributed by atoms with E-state index in [1.165, 1.54) is 4.90 Å². The number of anilines is 2. The summed E-state index contributed by atoms with van der Waals surface area (Å²) in [5.41, 5.74) is -0.0640. The Morgan fingerprint density at radius 3 is 2.52 bits per heavy atom. The van der Waals surface area contributed by atoms with Gasteiger partial charge in [0.05, 0.1) is 17.9 Å². The summed E-state index contributed by atoms with van der Waals surface area (Å²) in [6.45, 7) is 4.81. The SMILES string of the molecule is CC(C)(C)OC(=O)NC1CN(C(=O)CS(C)(=O)=O)c2ccccc2NC1=O. The molecule has 10 heteroatoms. The van der Waals surface area contributed by atoms with Crippen molar-refractivity contribution in [3.8, 4) is 0 Å². The summed E-state index contributed by atoms with van der Waals surface area (Å²) in [6.07, 6.45) is 0.137. The first-order chi connectivity index (χ1) is 12.4. The average Bonchev–Trinajstić information content (AvgIpc) is 2.61. The summed E-state index contributed by atoms with van der Waals surface area (Å²) in [7, 11) is -3.57. The molecule has 2 rings (SSSR count). The molecule has 1 aliphatic heterocycles. The van der Waals surface area contributed by atoms with Crippen LogP contribution in [0.15, 0.2) is 24.3 Å². The molecule has 1 heterocycles. The summed E-state index contributed by atoms with van der Waals surface area (Å²) in [4.78, 5) is 38.3. The van der Waals surface area contributed by atoms with Crippen LogP contribution in [0.2, 0.25) is 0 Å². The van der Waals surface area contributed by atoms with Crippen LogP contribution in [0.4, 0.5) is 16.2 Å². The van der Waals surface area contributed by atoms with E-state index in [2.05, 4.69) is 10.6 Å². The smallest absolute Gasteiger partial charge is 0.408 e. The summed E-state index contributed by atoms with van der Waals surface area (Å²) >= 11 is 0. The molecule has 1 atom stereocenters. The van der Waals surface area contributed by atoms with E-state index in [1.54, 1.807) is 45.0 Å². The van der Waals surface area contributed by atoms with Crippen molar-refractivity contribution in [3.63, 3.8) is 0 Å². The van der Waals surface area contributed by atoms with Crippen LogP contribution >= 0.6 is 0 Å². The number of nitrogens with zero attached hydrogens (tertiary/aromatic N) is 1. The van der Waals surface area contributed by atoms with Crippen LogP contribution in [0.25, 0.3) is 0 Å². The second-order valence-corrected chi connectivity index (χ2v) is 9.42. The molecule has 0 fully saturated rings. The number of rotatable bonds is 3. The minimum absolute atomic E-state index is 0.226. The van der Waals surface area contributed by atoms with E-state index >= 15 is 0 Å². The van der Waals surface area contributed by atoms with Gasteiger partial charge in [0, 0.05) is 6.26 Å². The van der Waals surface area contributed by atoms with Crippen molar-refractivity contribution in [1.29, 1.82) is 0 Å². The Hall–Kier alpha value is -2.62. The molecule has 1 aromatic rings. The highest BCUT2D eigenvalue weighted by Crippen LogP contribution is 2.28. The number of alkyl carbamates (subject to hydrolysis) is 1. The number of hydrogen-bond acceptors (Lipinski definition) is 6. The average molecular weight is 397 g/mol. The Morgan fingerprint density at radius 1 is 1.30 bits per heavy atom. The van der Waals surface area contributed by atoms with E-state index in [1.807, 2.05) is 0 Å². The highest BCUT2D eigenvalue weighted by atomic mass is 32.2. The molecular weight excluding hydrogens is 374 g/mol. The first-order valence-electron chi connectivity index (χ1n) is 8.23. The molecule has 148 valence electrons. The predicted molar refractivity (Wildman–Crippen MR) is 100 cm³/mol. The Labute approximate surface area is 158 Å². The van der Waals surface area contributed by atoms with E-state index in [0.29, 0.717) is 11.4 Å². The van der Waals surface area contributed by atoms with Gasteiger partial charge in [-0.25, -0.2) is 13.2 Å². The number of hydrogen-bond donors (Lipinski definition) is 2. The van der Waals surface area contributed by atoms with Gasteiger partial charge in [-0.3, -0.25) is 9.59 Å². The number of ether oxygens (including phenoxy) is 1. The zero-order chi connectivity index (χ0) is 20.4. The number of carbonyl (C=O) groups excluding carboxylic acids is 3. The topological polar surface area (TPSA) is 122 Å². The Morgan fingerprint density at radius 2 is 1.93 bits per heavy atom. The molecular formula is C17H23N3O6S. The molecule has 9 nitrogen and oxygen atoms in total. The second-order valence-electron chi connectivity index (χ2n) is 7.28. The van der Waals surface area contributed by atoms with Crippen molar-refractivity contribution in [1.82, 2.24) is 5.32 Å². The molecule has 1 unspecified atom stereocenters. The molecule has 1 aliphatic rings. The number of carbonyl (C=O) groups is 3. The zero-order valence-corrected chi connectivity index (χ0v) is 16.4. The van der Waals surface area contributed by atoms with Crippen molar-refractivity contribution in [2.45, 2.75) is 32.4 Å². The second kappa shape index (κ2) is 7.55. The lowest BCUT2D eigenvalue weighted by Crippen LogP contribution is -2.52. The number of para-hydroxylation sites is 2. The summed E-state index contributed by atoms with van der Waals surface area (Å²) in [5, 5.41) is 5.07. The first kappa shape index (κ1) is 20.7. The fraction of sp³-hybridized carbons (Fsp3) is 0.471.